The van der Waals surface area contributed by atoms with E-state index in [1.807, 2.05) is 0 Å². The number of benzene rings is 1. The average molecular weight is 233 g/mol. The molecule has 2 N–H and O–H groups in total. The van der Waals surface area contributed by atoms with E-state index in [9.17, 15) is 9.18 Å². The number of nitrogens with one attached hydrogen (secondary N) is 2. The van der Waals surface area contributed by atoms with Crippen LogP contribution in [0.1, 0.15) is 21.6 Å². The van der Waals surface area contributed by atoms with Crippen molar-refractivity contribution in [2.24, 2.45) is 0 Å². The number of amides is 1. The lowest BCUT2D eigenvalue weighted by Crippen LogP contribution is -2.23. The van der Waals surface area contributed by atoms with Crippen LogP contribution >= 0.6 is 0 Å². The third-order valence-corrected chi connectivity index (χ3v) is 2.30. The zero-order valence-corrected chi connectivity index (χ0v) is 9.33. The Bertz CT molecular complexity index is 502. The van der Waals surface area contributed by atoms with Crippen molar-refractivity contribution in [3.8, 4) is 0 Å². The largest absolute Gasteiger partial charge is 0.346 e. The molecule has 2 aromatic rings. The van der Waals surface area contributed by atoms with Crippen LogP contribution in [-0.4, -0.2) is 16.1 Å². The fourth-order valence-electron chi connectivity index (χ4n) is 1.53. The first-order valence-corrected chi connectivity index (χ1v) is 5.19. The Morgan fingerprint density at radius 2 is 2.29 bits per heavy atom. The lowest BCUT2D eigenvalue weighted by atomic mass is 10.1. The van der Waals surface area contributed by atoms with Gasteiger partial charge in [0.05, 0.1) is 12.2 Å². The number of H-pyrrole nitrogens is 1. The van der Waals surface area contributed by atoms with Crippen molar-refractivity contribution < 1.29 is 9.18 Å². The normalized spacial score (nSPS) is 10.2. The van der Waals surface area contributed by atoms with Gasteiger partial charge in [0.1, 0.15) is 5.82 Å². The first-order valence-electron chi connectivity index (χ1n) is 5.19. The van der Waals surface area contributed by atoms with E-state index >= 15 is 0 Å². The molecule has 1 heterocycles. The zero-order chi connectivity index (χ0) is 12.3. The van der Waals surface area contributed by atoms with E-state index in [0.717, 1.165) is 11.3 Å². The van der Waals surface area contributed by atoms with E-state index in [1.165, 1.54) is 12.1 Å². The van der Waals surface area contributed by atoms with E-state index in [2.05, 4.69) is 15.5 Å². The summed E-state index contributed by atoms with van der Waals surface area (Å²) in [4.78, 5) is 11.7. The van der Waals surface area contributed by atoms with Gasteiger partial charge in [-0.2, -0.15) is 5.10 Å². The minimum Gasteiger partial charge on any atom is -0.346 e. The number of hydrogen-bond acceptors (Lipinski definition) is 2. The molecule has 0 unspecified atom stereocenters. The first kappa shape index (κ1) is 11.3. The van der Waals surface area contributed by atoms with Gasteiger partial charge < -0.3 is 5.32 Å². The lowest BCUT2D eigenvalue weighted by molar-refractivity contribution is 0.0950. The summed E-state index contributed by atoms with van der Waals surface area (Å²) in [6, 6.07) is 6.00. The molecule has 0 radical (unpaired) electrons. The van der Waals surface area contributed by atoms with Crippen molar-refractivity contribution >= 4 is 5.91 Å². The van der Waals surface area contributed by atoms with Crippen molar-refractivity contribution in [2.45, 2.75) is 13.5 Å². The van der Waals surface area contributed by atoms with Gasteiger partial charge >= 0.3 is 0 Å². The number of rotatable bonds is 3. The summed E-state index contributed by atoms with van der Waals surface area (Å²) in [6.45, 7) is 2.09. The van der Waals surface area contributed by atoms with Crippen LogP contribution in [0.2, 0.25) is 0 Å². The van der Waals surface area contributed by atoms with E-state index in [-0.39, 0.29) is 5.91 Å². The molecule has 4 nitrogen and oxygen atoms in total. The van der Waals surface area contributed by atoms with Gasteiger partial charge in [0, 0.05) is 11.8 Å². The molecule has 0 aliphatic heterocycles. The number of aromatic amines is 1. The second-order valence-electron chi connectivity index (χ2n) is 3.78. The molecule has 1 aromatic carbocycles. The van der Waals surface area contributed by atoms with Gasteiger partial charge in [0.15, 0.2) is 0 Å². The molecule has 0 fully saturated rings. The highest BCUT2D eigenvalue weighted by Gasteiger charge is 2.07. The summed E-state index contributed by atoms with van der Waals surface area (Å²) < 4.78 is 13.1. The molecular formula is C12H12FN3O. The van der Waals surface area contributed by atoms with Crippen molar-refractivity contribution in [1.82, 2.24) is 15.5 Å². The number of halogens is 1. The predicted octanol–water partition coefficient (Wildman–Crippen LogP) is 1.79. The molecule has 1 amide bonds. The molecule has 0 aliphatic rings. The quantitative estimate of drug-likeness (QED) is 0.849. The first-order chi connectivity index (χ1) is 8.15. The highest BCUT2D eigenvalue weighted by Crippen LogP contribution is 2.08. The maximum absolute atomic E-state index is 13.1. The molecule has 17 heavy (non-hydrogen) atoms. The number of hydrogen-bond donors (Lipinski definition) is 2. The van der Waals surface area contributed by atoms with Crippen molar-refractivity contribution in [3.05, 3.63) is 53.1 Å². The SMILES string of the molecule is Cc1cc(F)cc(C(=O)NCc2ccn[nH]2)c1. The van der Waals surface area contributed by atoms with E-state index < -0.39 is 5.82 Å². The molecule has 0 saturated heterocycles. The van der Waals surface area contributed by atoms with E-state index in [1.54, 1.807) is 25.3 Å². The molecule has 0 saturated carbocycles. The second kappa shape index (κ2) is 4.78. The minimum atomic E-state index is -0.406. The topological polar surface area (TPSA) is 57.8 Å². The fraction of sp³-hybridized carbons (Fsp3) is 0.167. The number of carbonyl (C=O) groups excluding carboxylic acids is 1. The molecule has 2 rings (SSSR count). The molecule has 0 bridgehead atoms. The number of aromatic nitrogens is 2. The highest BCUT2D eigenvalue weighted by molar-refractivity contribution is 5.94. The Kier molecular flexibility index (Phi) is 3.18. The third kappa shape index (κ3) is 2.90. The van der Waals surface area contributed by atoms with Crippen molar-refractivity contribution in [3.63, 3.8) is 0 Å². The van der Waals surface area contributed by atoms with Gasteiger partial charge in [-0.15, -0.1) is 0 Å². The summed E-state index contributed by atoms with van der Waals surface area (Å²) in [5.74, 6) is -0.709. The van der Waals surface area contributed by atoms with Crippen molar-refractivity contribution in [2.75, 3.05) is 0 Å². The molecular weight excluding hydrogens is 221 g/mol. The van der Waals surface area contributed by atoms with Gasteiger partial charge in [-0.25, -0.2) is 4.39 Å². The minimum absolute atomic E-state index is 0.304. The van der Waals surface area contributed by atoms with Crippen molar-refractivity contribution in [1.29, 1.82) is 0 Å². The number of aryl methyl sites for hydroxylation is 1. The smallest absolute Gasteiger partial charge is 0.251 e. The van der Waals surface area contributed by atoms with Crippen LogP contribution in [0.3, 0.4) is 0 Å². The van der Waals surface area contributed by atoms with Gasteiger partial charge in [0.25, 0.3) is 5.91 Å². The predicted molar refractivity (Wildman–Crippen MR) is 60.9 cm³/mol. The maximum atomic E-state index is 13.1. The van der Waals surface area contributed by atoms with Gasteiger partial charge in [0.2, 0.25) is 0 Å². The Morgan fingerprint density at radius 1 is 1.47 bits per heavy atom. The lowest BCUT2D eigenvalue weighted by Gasteiger charge is -2.04. The Hall–Kier alpha value is -2.17. The molecule has 88 valence electrons. The fourth-order valence-corrected chi connectivity index (χ4v) is 1.53. The monoisotopic (exact) mass is 233 g/mol. The van der Waals surface area contributed by atoms with Crippen LogP contribution in [0.4, 0.5) is 4.39 Å². The Labute approximate surface area is 97.9 Å². The second-order valence-corrected chi connectivity index (χ2v) is 3.78. The molecule has 0 atom stereocenters. The van der Waals surface area contributed by atoms with Crippen LogP contribution < -0.4 is 5.32 Å². The standard InChI is InChI=1S/C12H12FN3O/c1-8-4-9(6-10(13)5-8)12(17)14-7-11-2-3-15-16-11/h2-6H,7H2,1H3,(H,14,17)(H,15,16). The van der Waals surface area contributed by atoms with Gasteiger partial charge in [-0.1, -0.05) is 0 Å². The van der Waals surface area contributed by atoms with Crippen LogP contribution in [0.15, 0.2) is 30.5 Å². The zero-order valence-electron chi connectivity index (χ0n) is 9.33. The van der Waals surface area contributed by atoms with E-state index in [4.69, 9.17) is 0 Å². The Balaban J connectivity index is 2.04. The maximum Gasteiger partial charge on any atom is 0.251 e. The third-order valence-electron chi connectivity index (χ3n) is 2.30. The van der Waals surface area contributed by atoms with Crippen LogP contribution in [0.25, 0.3) is 0 Å². The summed E-state index contributed by atoms with van der Waals surface area (Å²) in [6.07, 6.45) is 1.60. The van der Waals surface area contributed by atoms with Gasteiger partial charge in [-0.05, 0) is 36.8 Å². The van der Waals surface area contributed by atoms with Gasteiger partial charge in [-0.3, -0.25) is 9.89 Å². The van der Waals surface area contributed by atoms with Crippen LogP contribution in [-0.2, 0) is 6.54 Å². The summed E-state index contributed by atoms with van der Waals surface area (Å²) >= 11 is 0. The van der Waals surface area contributed by atoms with Crippen LogP contribution in [0, 0.1) is 12.7 Å². The number of carbonyl (C=O) groups is 1. The molecule has 0 aliphatic carbocycles. The molecule has 0 spiro atoms. The molecule has 5 heteroatoms. The summed E-state index contributed by atoms with van der Waals surface area (Å²) in [7, 11) is 0. The molecule has 1 aromatic heterocycles. The van der Waals surface area contributed by atoms with Crippen LogP contribution in [0.5, 0.6) is 0 Å². The summed E-state index contributed by atoms with van der Waals surface area (Å²) in [5.41, 5.74) is 1.84. The number of nitrogens with zero attached hydrogens (tertiary/aromatic N) is 1. The highest BCUT2D eigenvalue weighted by atomic mass is 19.1. The Morgan fingerprint density at radius 3 is 2.94 bits per heavy atom. The summed E-state index contributed by atoms with van der Waals surface area (Å²) in [5, 5.41) is 9.17. The van der Waals surface area contributed by atoms with E-state index in [0.29, 0.717) is 12.1 Å². The average Bonchev–Trinajstić information content (AvgIpc) is 2.77.